The molecule has 1 unspecified atom stereocenters. The molecule has 2 aromatic rings. The van der Waals surface area contributed by atoms with E-state index >= 15 is 0 Å². The zero-order valence-corrected chi connectivity index (χ0v) is 18.3. The van der Waals surface area contributed by atoms with E-state index in [2.05, 4.69) is 5.32 Å². The SMILES string of the molecule is CCOC(CN(CCc1ccccc1)C(=O)[C@H](Cc1ccccc1)NC(=O)CN)OC. The van der Waals surface area contributed by atoms with E-state index < -0.39 is 12.3 Å². The highest BCUT2D eigenvalue weighted by atomic mass is 16.7. The average Bonchev–Trinajstić information content (AvgIpc) is 2.81. The number of nitrogens with zero attached hydrogens (tertiary/aromatic N) is 1. The van der Waals surface area contributed by atoms with E-state index in [0.717, 1.165) is 11.1 Å². The molecule has 0 spiro atoms. The highest BCUT2D eigenvalue weighted by molar-refractivity contribution is 5.88. The van der Waals surface area contributed by atoms with Crippen molar-refractivity contribution in [3.8, 4) is 0 Å². The van der Waals surface area contributed by atoms with Gasteiger partial charge in [-0.05, 0) is 24.5 Å². The summed E-state index contributed by atoms with van der Waals surface area (Å²) in [6.45, 7) is 2.90. The predicted octanol–water partition coefficient (Wildman–Crippen LogP) is 1.75. The van der Waals surface area contributed by atoms with Gasteiger partial charge in [-0.1, -0.05) is 60.7 Å². The monoisotopic (exact) mass is 427 g/mol. The first-order valence-electron chi connectivity index (χ1n) is 10.6. The molecule has 2 rings (SSSR count). The Hall–Kier alpha value is -2.74. The second-order valence-electron chi connectivity index (χ2n) is 7.15. The maximum Gasteiger partial charge on any atom is 0.245 e. The highest BCUT2D eigenvalue weighted by Crippen LogP contribution is 2.10. The fourth-order valence-electron chi connectivity index (χ4n) is 3.28. The molecule has 168 valence electrons. The van der Waals surface area contributed by atoms with Crippen molar-refractivity contribution in [2.75, 3.05) is 33.4 Å². The van der Waals surface area contributed by atoms with E-state index in [1.165, 1.54) is 0 Å². The van der Waals surface area contributed by atoms with Crippen LogP contribution in [0.4, 0.5) is 0 Å². The van der Waals surface area contributed by atoms with Crippen molar-refractivity contribution in [3.63, 3.8) is 0 Å². The van der Waals surface area contributed by atoms with Crippen molar-refractivity contribution in [1.29, 1.82) is 0 Å². The molecule has 7 heteroatoms. The Kier molecular flexibility index (Phi) is 10.7. The van der Waals surface area contributed by atoms with Crippen LogP contribution < -0.4 is 11.1 Å². The molecule has 3 N–H and O–H groups in total. The van der Waals surface area contributed by atoms with Crippen LogP contribution in [0, 0.1) is 0 Å². The van der Waals surface area contributed by atoms with Crippen LogP contribution in [-0.4, -0.2) is 62.4 Å². The number of ether oxygens (including phenoxy) is 2. The second-order valence-corrected chi connectivity index (χ2v) is 7.15. The van der Waals surface area contributed by atoms with Crippen LogP contribution in [0.2, 0.25) is 0 Å². The predicted molar refractivity (Wildman–Crippen MR) is 120 cm³/mol. The lowest BCUT2D eigenvalue weighted by Crippen LogP contribution is -2.53. The smallest absolute Gasteiger partial charge is 0.245 e. The van der Waals surface area contributed by atoms with Gasteiger partial charge in [0, 0.05) is 26.7 Å². The van der Waals surface area contributed by atoms with Gasteiger partial charge >= 0.3 is 0 Å². The van der Waals surface area contributed by atoms with E-state index in [-0.39, 0.29) is 24.9 Å². The van der Waals surface area contributed by atoms with Gasteiger partial charge in [-0.15, -0.1) is 0 Å². The molecule has 2 aromatic carbocycles. The topological polar surface area (TPSA) is 93.9 Å². The van der Waals surface area contributed by atoms with E-state index in [1.54, 1.807) is 12.0 Å². The van der Waals surface area contributed by atoms with E-state index in [0.29, 0.717) is 26.0 Å². The molecular weight excluding hydrogens is 394 g/mol. The standard InChI is InChI=1S/C24H33N3O4/c1-3-31-23(30-2)18-27(15-14-19-10-6-4-7-11-19)24(29)21(26-22(28)17-25)16-20-12-8-5-9-13-20/h4-13,21,23H,3,14-18,25H2,1-2H3,(H,26,28)/t21-,23?/m0/s1. The number of hydrogen-bond acceptors (Lipinski definition) is 5. The van der Waals surface area contributed by atoms with Gasteiger partial charge in [0.1, 0.15) is 6.04 Å². The summed E-state index contributed by atoms with van der Waals surface area (Å²) < 4.78 is 11.0. The van der Waals surface area contributed by atoms with Crippen LogP contribution in [0.5, 0.6) is 0 Å². The Balaban J connectivity index is 2.21. The summed E-state index contributed by atoms with van der Waals surface area (Å²) in [5, 5.41) is 2.78. The molecule has 7 nitrogen and oxygen atoms in total. The number of benzene rings is 2. The minimum absolute atomic E-state index is 0.178. The molecule has 0 fully saturated rings. The van der Waals surface area contributed by atoms with Gasteiger partial charge in [0.2, 0.25) is 11.8 Å². The summed E-state index contributed by atoms with van der Waals surface area (Å²) in [5.41, 5.74) is 7.56. The summed E-state index contributed by atoms with van der Waals surface area (Å²) in [6, 6.07) is 18.8. The minimum Gasteiger partial charge on any atom is -0.354 e. The summed E-state index contributed by atoms with van der Waals surface area (Å²) in [7, 11) is 1.55. The Morgan fingerprint density at radius 1 is 1.03 bits per heavy atom. The first-order valence-corrected chi connectivity index (χ1v) is 10.6. The molecule has 2 atom stereocenters. The molecule has 0 saturated carbocycles. The Morgan fingerprint density at radius 2 is 1.65 bits per heavy atom. The van der Waals surface area contributed by atoms with Crippen molar-refractivity contribution in [2.45, 2.75) is 32.1 Å². The van der Waals surface area contributed by atoms with Crippen molar-refractivity contribution >= 4 is 11.8 Å². The lowest BCUT2D eigenvalue weighted by Gasteiger charge is -2.30. The third-order valence-corrected chi connectivity index (χ3v) is 4.91. The number of methoxy groups -OCH3 is 1. The number of amides is 2. The normalized spacial score (nSPS) is 12.7. The number of hydrogen-bond donors (Lipinski definition) is 2. The Morgan fingerprint density at radius 3 is 2.19 bits per heavy atom. The van der Waals surface area contributed by atoms with E-state index in [1.807, 2.05) is 67.6 Å². The van der Waals surface area contributed by atoms with Gasteiger partial charge in [0.25, 0.3) is 0 Å². The van der Waals surface area contributed by atoms with Crippen LogP contribution in [0.15, 0.2) is 60.7 Å². The first kappa shape index (κ1) is 24.5. The third kappa shape index (κ3) is 8.49. The van der Waals surface area contributed by atoms with Crippen LogP contribution in [0.1, 0.15) is 18.1 Å². The maximum absolute atomic E-state index is 13.5. The number of carbonyl (C=O) groups excluding carboxylic acids is 2. The van der Waals surface area contributed by atoms with Crippen LogP contribution in [0.25, 0.3) is 0 Å². The molecule has 0 aliphatic heterocycles. The second kappa shape index (κ2) is 13.5. The fraction of sp³-hybridized carbons (Fsp3) is 0.417. The first-order chi connectivity index (χ1) is 15.1. The summed E-state index contributed by atoms with van der Waals surface area (Å²) >= 11 is 0. The molecule has 0 heterocycles. The minimum atomic E-state index is -0.728. The van der Waals surface area contributed by atoms with Gasteiger partial charge in [0.05, 0.1) is 13.1 Å². The molecule has 0 radical (unpaired) electrons. The molecule has 0 aromatic heterocycles. The van der Waals surface area contributed by atoms with Gasteiger partial charge < -0.3 is 25.4 Å². The number of carbonyl (C=O) groups is 2. The zero-order valence-electron chi connectivity index (χ0n) is 18.3. The zero-order chi connectivity index (χ0) is 22.5. The number of rotatable bonds is 13. The summed E-state index contributed by atoms with van der Waals surface area (Å²) in [5.74, 6) is -0.561. The molecule has 2 amide bonds. The van der Waals surface area contributed by atoms with Crippen molar-refractivity contribution in [1.82, 2.24) is 10.2 Å². The Bertz CT molecular complexity index is 786. The van der Waals surface area contributed by atoms with E-state index in [4.69, 9.17) is 15.2 Å². The molecule has 0 saturated heterocycles. The van der Waals surface area contributed by atoms with Crippen molar-refractivity contribution in [3.05, 3.63) is 71.8 Å². The van der Waals surface area contributed by atoms with Gasteiger partial charge in [-0.25, -0.2) is 0 Å². The van der Waals surface area contributed by atoms with Crippen LogP contribution in [0.3, 0.4) is 0 Å². The Labute approximate surface area is 184 Å². The molecular formula is C24H33N3O4. The summed E-state index contributed by atoms with van der Waals surface area (Å²) in [6.07, 6.45) is 0.504. The number of nitrogens with one attached hydrogen (secondary N) is 1. The fourth-order valence-corrected chi connectivity index (χ4v) is 3.28. The molecule has 31 heavy (non-hydrogen) atoms. The quantitative estimate of drug-likeness (QED) is 0.475. The summed E-state index contributed by atoms with van der Waals surface area (Å²) in [4.78, 5) is 27.3. The van der Waals surface area contributed by atoms with Crippen LogP contribution >= 0.6 is 0 Å². The van der Waals surface area contributed by atoms with Crippen LogP contribution in [-0.2, 0) is 31.9 Å². The maximum atomic E-state index is 13.5. The molecule has 0 bridgehead atoms. The highest BCUT2D eigenvalue weighted by Gasteiger charge is 2.28. The lowest BCUT2D eigenvalue weighted by molar-refractivity contribution is -0.153. The van der Waals surface area contributed by atoms with Gasteiger partial charge in [-0.3, -0.25) is 9.59 Å². The largest absolute Gasteiger partial charge is 0.354 e. The van der Waals surface area contributed by atoms with Crippen molar-refractivity contribution in [2.24, 2.45) is 5.73 Å². The lowest BCUT2D eigenvalue weighted by atomic mass is 10.0. The van der Waals surface area contributed by atoms with E-state index in [9.17, 15) is 9.59 Å². The molecule has 0 aliphatic carbocycles. The van der Waals surface area contributed by atoms with Gasteiger partial charge in [-0.2, -0.15) is 0 Å². The third-order valence-electron chi connectivity index (χ3n) is 4.91. The van der Waals surface area contributed by atoms with Gasteiger partial charge in [0.15, 0.2) is 6.29 Å². The number of nitrogens with two attached hydrogens (primary N) is 1. The average molecular weight is 428 g/mol. The van der Waals surface area contributed by atoms with Crippen molar-refractivity contribution < 1.29 is 19.1 Å². The molecule has 0 aliphatic rings.